The Morgan fingerprint density at radius 2 is 1.95 bits per heavy atom. The molecule has 0 spiro atoms. The monoisotopic (exact) mass is 300 g/mol. The van der Waals surface area contributed by atoms with Crippen LogP contribution in [0.5, 0.6) is 0 Å². The summed E-state index contributed by atoms with van der Waals surface area (Å²) >= 11 is 0. The maximum absolute atomic E-state index is 12.5. The SMILES string of the molecule is CCCCCCCN1CC(=O)N2CCc3ccccc3C2C1. The lowest BCUT2D eigenvalue weighted by molar-refractivity contribution is -0.140. The van der Waals surface area contributed by atoms with Gasteiger partial charge in [-0.15, -0.1) is 0 Å². The first kappa shape index (κ1) is 15.5. The van der Waals surface area contributed by atoms with E-state index in [1.54, 1.807) is 0 Å². The lowest BCUT2D eigenvalue weighted by Gasteiger charge is -2.44. The highest BCUT2D eigenvalue weighted by Gasteiger charge is 2.36. The summed E-state index contributed by atoms with van der Waals surface area (Å²) in [6.45, 7) is 5.84. The van der Waals surface area contributed by atoms with Gasteiger partial charge in [-0.25, -0.2) is 0 Å². The molecule has 0 aromatic heterocycles. The first-order chi connectivity index (χ1) is 10.8. The molecule has 1 aromatic rings. The van der Waals surface area contributed by atoms with Crippen molar-refractivity contribution in [2.45, 2.75) is 51.5 Å². The summed E-state index contributed by atoms with van der Waals surface area (Å²) in [6, 6.07) is 8.94. The van der Waals surface area contributed by atoms with Crippen molar-refractivity contribution in [3.8, 4) is 0 Å². The van der Waals surface area contributed by atoms with Crippen LogP contribution in [0.2, 0.25) is 0 Å². The molecule has 22 heavy (non-hydrogen) atoms. The molecule has 3 nitrogen and oxygen atoms in total. The van der Waals surface area contributed by atoms with Crippen LogP contribution in [0.4, 0.5) is 0 Å². The van der Waals surface area contributed by atoms with E-state index >= 15 is 0 Å². The molecular weight excluding hydrogens is 272 g/mol. The van der Waals surface area contributed by atoms with Gasteiger partial charge in [0.15, 0.2) is 0 Å². The van der Waals surface area contributed by atoms with Crippen molar-refractivity contribution in [2.24, 2.45) is 0 Å². The number of hydrogen-bond donors (Lipinski definition) is 0. The van der Waals surface area contributed by atoms with Crippen molar-refractivity contribution >= 4 is 5.91 Å². The number of benzene rings is 1. The highest BCUT2D eigenvalue weighted by Crippen LogP contribution is 2.32. The molecule has 0 saturated carbocycles. The quantitative estimate of drug-likeness (QED) is 0.752. The molecule has 0 N–H and O–H groups in total. The average Bonchev–Trinajstić information content (AvgIpc) is 2.54. The summed E-state index contributed by atoms with van der Waals surface area (Å²) in [6.07, 6.45) is 7.48. The van der Waals surface area contributed by atoms with E-state index in [0.717, 1.165) is 26.1 Å². The maximum atomic E-state index is 12.5. The van der Waals surface area contributed by atoms with Crippen molar-refractivity contribution < 1.29 is 4.79 Å². The van der Waals surface area contributed by atoms with Gasteiger partial charge in [0.05, 0.1) is 12.6 Å². The third kappa shape index (κ3) is 3.35. The Hall–Kier alpha value is -1.35. The third-order valence-corrected chi connectivity index (χ3v) is 5.10. The normalized spacial score (nSPS) is 21.6. The van der Waals surface area contributed by atoms with E-state index < -0.39 is 0 Å². The summed E-state index contributed by atoms with van der Waals surface area (Å²) in [7, 11) is 0. The van der Waals surface area contributed by atoms with Gasteiger partial charge in [-0.1, -0.05) is 56.9 Å². The van der Waals surface area contributed by atoms with Gasteiger partial charge in [0.2, 0.25) is 5.91 Å². The smallest absolute Gasteiger partial charge is 0.237 e. The number of rotatable bonds is 6. The first-order valence-corrected chi connectivity index (χ1v) is 8.89. The molecule has 2 aliphatic rings. The fourth-order valence-corrected chi connectivity index (χ4v) is 3.85. The molecule has 1 atom stereocenters. The van der Waals surface area contributed by atoms with Gasteiger partial charge in [-0.3, -0.25) is 9.69 Å². The van der Waals surface area contributed by atoms with Crippen LogP contribution in [0, 0.1) is 0 Å². The number of carbonyl (C=O) groups is 1. The summed E-state index contributed by atoms with van der Waals surface area (Å²) < 4.78 is 0. The Labute approximate surface area is 134 Å². The molecule has 3 rings (SSSR count). The molecule has 1 aromatic carbocycles. The Morgan fingerprint density at radius 1 is 1.14 bits per heavy atom. The Kier molecular flexibility index (Phi) is 5.14. The largest absolute Gasteiger partial charge is 0.333 e. The minimum Gasteiger partial charge on any atom is -0.333 e. The van der Waals surface area contributed by atoms with Gasteiger partial charge < -0.3 is 4.90 Å². The standard InChI is InChI=1S/C19H28N2O/c1-2-3-4-5-8-12-20-14-18-17-10-7-6-9-16(17)11-13-21(18)19(22)15-20/h6-7,9-10,18H,2-5,8,11-15H2,1H3. The summed E-state index contributed by atoms with van der Waals surface area (Å²) in [5, 5.41) is 0. The van der Waals surface area contributed by atoms with Gasteiger partial charge in [0.1, 0.15) is 0 Å². The fourth-order valence-electron chi connectivity index (χ4n) is 3.85. The Bertz CT molecular complexity index is 514. The molecule has 0 radical (unpaired) electrons. The van der Waals surface area contributed by atoms with Gasteiger partial charge in [0.25, 0.3) is 0 Å². The molecule has 2 heterocycles. The highest BCUT2D eigenvalue weighted by atomic mass is 16.2. The number of piperazine rings is 1. The molecule has 1 saturated heterocycles. The van der Waals surface area contributed by atoms with Crippen molar-refractivity contribution in [1.29, 1.82) is 0 Å². The van der Waals surface area contributed by atoms with Gasteiger partial charge in [-0.2, -0.15) is 0 Å². The van der Waals surface area contributed by atoms with Crippen LogP contribution in [0.3, 0.4) is 0 Å². The molecule has 2 aliphatic heterocycles. The van der Waals surface area contributed by atoms with Crippen LogP contribution in [0.25, 0.3) is 0 Å². The van der Waals surface area contributed by atoms with Gasteiger partial charge in [0, 0.05) is 13.1 Å². The summed E-state index contributed by atoms with van der Waals surface area (Å²) in [4.78, 5) is 16.9. The van der Waals surface area contributed by atoms with E-state index in [-0.39, 0.29) is 6.04 Å². The first-order valence-electron chi connectivity index (χ1n) is 8.89. The van der Waals surface area contributed by atoms with Crippen molar-refractivity contribution in [2.75, 3.05) is 26.2 Å². The third-order valence-electron chi connectivity index (χ3n) is 5.10. The molecular formula is C19H28N2O. The second kappa shape index (κ2) is 7.28. The molecule has 1 amide bonds. The number of carbonyl (C=O) groups excluding carboxylic acids is 1. The summed E-state index contributed by atoms with van der Waals surface area (Å²) in [5.41, 5.74) is 2.80. The zero-order valence-electron chi connectivity index (χ0n) is 13.8. The van der Waals surface area contributed by atoms with Gasteiger partial charge in [-0.05, 0) is 30.5 Å². The van der Waals surface area contributed by atoms with E-state index in [4.69, 9.17) is 0 Å². The molecule has 3 heteroatoms. The fraction of sp³-hybridized carbons (Fsp3) is 0.632. The van der Waals surface area contributed by atoms with E-state index in [9.17, 15) is 4.79 Å². The van der Waals surface area contributed by atoms with Gasteiger partial charge >= 0.3 is 0 Å². The lowest BCUT2D eigenvalue weighted by Crippen LogP contribution is -2.54. The van der Waals surface area contributed by atoms with Crippen LogP contribution in [0.1, 0.15) is 56.2 Å². The molecule has 120 valence electrons. The topological polar surface area (TPSA) is 23.6 Å². The number of fused-ring (bicyclic) bond motifs is 3. The van der Waals surface area contributed by atoms with E-state index in [1.165, 1.54) is 43.2 Å². The number of nitrogens with zero attached hydrogens (tertiary/aromatic N) is 2. The zero-order chi connectivity index (χ0) is 15.4. The van der Waals surface area contributed by atoms with Crippen molar-refractivity contribution in [3.05, 3.63) is 35.4 Å². The minimum absolute atomic E-state index is 0.279. The molecule has 0 bridgehead atoms. The van der Waals surface area contributed by atoms with Crippen LogP contribution >= 0.6 is 0 Å². The average molecular weight is 300 g/mol. The number of amides is 1. The van der Waals surface area contributed by atoms with Crippen LogP contribution < -0.4 is 0 Å². The van der Waals surface area contributed by atoms with Crippen LogP contribution in [-0.4, -0.2) is 41.9 Å². The second-order valence-electron chi connectivity index (χ2n) is 6.70. The van der Waals surface area contributed by atoms with Crippen molar-refractivity contribution in [1.82, 2.24) is 9.80 Å². The highest BCUT2D eigenvalue weighted by molar-refractivity contribution is 5.80. The molecule has 0 aliphatic carbocycles. The molecule has 1 unspecified atom stereocenters. The van der Waals surface area contributed by atoms with E-state index in [1.807, 2.05) is 0 Å². The second-order valence-corrected chi connectivity index (χ2v) is 6.70. The summed E-state index contributed by atoms with van der Waals surface area (Å²) in [5.74, 6) is 0.319. The lowest BCUT2D eigenvalue weighted by atomic mass is 9.90. The molecule has 1 fully saturated rings. The minimum atomic E-state index is 0.279. The van der Waals surface area contributed by atoms with E-state index in [2.05, 4.69) is 41.0 Å². The predicted molar refractivity (Wildman–Crippen MR) is 89.8 cm³/mol. The predicted octanol–water partition coefficient (Wildman–Crippen LogP) is 3.40. The Morgan fingerprint density at radius 3 is 2.82 bits per heavy atom. The zero-order valence-corrected chi connectivity index (χ0v) is 13.8. The number of hydrogen-bond acceptors (Lipinski definition) is 2. The van der Waals surface area contributed by atoms with Crippen molar-refractivity contribution in [3.63, 3.8) is 0 Å². The number of unbranched alkanes of at least 4 members (excludes halogenated alkanes) is 4. The van der Waals surface area contributed by atoms with Crippen LogP contribution in [-0.2, 0) is 11.2 Å². The van der Waals surface area contributed by atoms with E-state index in [0.29, 0.717) is 12.5 Å². The maximum Gasteiger partial charge on any atom is 0.237 e. The van der Waals surface area contributed by atoms with Crippen LogP contribution in [0.15, 0.2) is 24.3 Å². The Balaban J connectivity index is 1.61.